The molecule has 0 N–H and O–H groups in total. The van der Waals surface area contributed by atoms with Crippen LogP contribution < -0.4 is 0 Å². The van der Waals surface area contributed by atoms with Gasteiger partial charge in [-0.1, -0.05) is 6.92 Å². The molecule has 0 aromatic carbocycles. The van der Waals surface area contributed by atoms with E-state index < -0.39 is 0 Å². The Morgan fingerprint density at radius 1 is 1.22 bits per heavy atom. The molecule has 0 spiro atoms. The van der Waals surface area contributed by atoms with Crippen LogP contribution in [0.4, 0.5) is 0 Å². The summed E-state index contributed by atoms with van der Waals surface area (Å²) in [6.45, 7) is 8.13. The van der Waals surface area contributed by atoms with Crippen molar-refractivity contribution in [3.8, 4) is 5.95 Å². The standard InChI is InChI=1S/C13H17ClN4/c1-5-12-9(3)17-18(10(12)4)13-15-7-11(6-14)8(2)16-13/h7H,5-6H2,1-4H3. The Morgan fingerprint density at radius 2 is 1.94 bits per heavy atom. The summed E-state index contributed by atoms with van der Waals surface area (Å²) in [5.41, 5.74) is 5.27. The third kappa shape index (κ3) is 2.12. The molecule has 0 saturated heterocycles. The van der Waals surface area contributed by atoms with E-state index in [1.54, 1.807) is 10.9 Å². The predicted octanol–water partition coefficient (Wildman–Crippen LogP) is 2.89. The third-order valence-electron chi connectivity index (χ3n) is 3.20. The van der Waals surface area contributed by atoms with Crippen molar-refractivity contribution in [1.82, 2.24) is 19.7 Å². The Morgan fingerprint density at radius 3 is 2.44 bits per heavy atom. The minimum atomic E-state index is 0.434. The van der Waals surface area contributed by atoms with Gasteiger partial charge in [-0.25, -0.2) is 14.6 Å². The molecule has 2 aromatic heterocycles. The fourth-order valence-corrected chi connectivity index (χ4v) is 2.36. The molecule has 0 radical (unpaired) electrons. The van der Waals surface area contributed by atoms with E-state index in [0.29, 0.717) is 11.8 Å². The number of aryl methyl sites for hydroxylation is 2. The van der Waals surface area contributed by atoms with E-state index in [4.69, 9.17) is 11.6 Å². The zero-order valence-corrected chi connectivity index (χ0v) is 11.9. The van der Waals surface area contributed by atoms with Gasteiger partial charge in [0.25, 0.3) is 5.95 Å². The van der Waals surface area contributed by atoms with Crippen LogP contribution in [0.1, 0.15) is 35.1 Å². The molecule has 2 rings (SSSR count). The fourth-order valence-electron chi connectivity index (χ4n) is 2.09. The third-order valence-corrected chi connectivity index (χ3v) is 3.48. The molecule has 0 amide bonds. The number of nitrogens with zero attached hydrogens (tertiary/aromatic N) is 4. The zero-order chi connectivity index (χ0) is 13.3. The van der Waals surface area contributed by atoms with E-state index in [1.807, 2.05) is 20.8 Å². The summed E-state index contributed by atoms with van der Waals surface area (Å²) in [6.07, 6.45) is 2.74. The first-order valence-electron chi connectivity index (χ1n) is 6.02. The van der Waals surface area contributed by atoms with E-state index in [1.165, 1.54) is 5.56 Å². The molecule has 0 aliphatic heterocycles. The minimum absolute atomic E-state index is 0.434. The van der Waals surface area contributed by atoms with Gasteiger partial charge in [-0.2, -0.15) is 5.10 Å². The van der Waals surface area contributed by atoms with Gasteiger partial charge >= 0.3 is 0 Å². The smallest absolute Gasteiger partial charge is 0.219 e. The molecule has 4 nitrogen and oxygen atoms in total. The van der Waals surface area contributed by atoms with Gasteiger partial charge in [0.2, 0.25) is 0 Å². The second kappa shape index (κ2) is 5.06. The lowest BCUT2D eigenvalue weighted by Gasteiger charge is -2.06. The maximum absolute atomic E-state index is 5.81. The average Bonchev–Trinajstić information content (AvgIpc) is 2.64. The fraction of sp³-hybridized carbons (Fsp3) is 0.462. The molecule has 96 valence electrons. The van der Waals surface area contributed by atoms with Gasteiger partial charge in [-0.15, -0.1) is 11.6 Å². The quantitative estimate of drug-likeness (QED) is 0.801. The van der Waals surface area contributed by atoms with E-state index >= 15 is 0 Å². The van der Waals surface area contributed by atoms with Crippen LogP contribution in [0.15, 0.2) is 6.20 Å². The van der Waals surface area contributed by atoms with Crippen molar-refractivity contribution in [1.29, 1.82) is 0 Å². The zero-order valence-electron chi connectivity index (χ0n) is 11.2. The molecule has 2 aromatic rings. The Balaban J connectivity index is 2.52. The number of hydrogen-bond donors (Lipinski definition) is 0. The summed E-state index contributed by atoms with van der Waals surface area (Å²) < 4.78 is 1.80. The monoisotopic (exact) mass is 264 g/mol. The second-order valence-corrected chi connectivity index (χ2v) is 4.60. The van der Waals surface area contributed by atoms with E-state index in [0.717, 1.165) is 29.1 Å². The van der Waals surface area contributed by atoms with Gasteiger partial charge in [0.15, 0.2) is 0 Å². The summed E-state index contributed by atoms with van der Waals surface area (Å²) in [5, 5.41) is 4.51. The van der Waals surface area contributed by atoms with Crippen molar-refractivity contribution < 1.29 is 0 Å². The summed E-state index contributed by atoms with van der Waals surface area (Å²) >= 11 is 5.81. The Labute approximate surface area is 112 Å². The van der Waals surface area contributed by atoms with Crippen LogP contribution in [0.2, 0.25) is 0 Å². The number of hydrogen-bond acceptors (Lipinski definition) is 3. The molecule has 0 fully saturated rings. The highest BCUT2D eigenvalue weighted by Gasteiger charge is 2.13. The summed E-state index contributed by atoms with van der Waals surface area (Å²) in [4.78, 5) is 8.80. The van der Waals surface area contributed by atoms with Crippen molar-refractivity contribution in [2.45, 2.75) is 40.0 Å². The molecule has 0 aliphatic rings. The summed E-state index contributed by atoms with van der Waals surface area (Å²) in [7, 11) is 0. The number of rotatable bonds is 3. The predicted molar refractivity (Wildman–Crippen MR) is 72.3 cm³/mol. The molecule has 0 aliphatic carbocycles. The highest BCUT2D eigenvalue weighted by molar-refractivity contribution is 6.17. The lowest BCUT2D eigenvalue weighted by molar-refractivity contribution is 0.764. The first kappa shape index (κ1) is 13.0. The highest BCUT2D eigenvalue weighted by atomic mass is 35.5. The Hall–Kier alpha value is -1.42. The van der Waals surface area contributed by atoms with Gasteiger partial charge in [0.1, 0.15) is 0 Å². The average molecular weight is 265 g/mol. The largest absolute Gasteiger partial charge is 0.250 e. The molecule has 2 heterocycles. The van der Waals surface area contributed by atoms with Crippen LogP contribution >= 0.6 is 11.6 Å². The van der Waals surface area contributed by atoms with Crippen molar-refractivity contribution >= 4 is 11.6 Å². The van der Waals surface area contributed by atoms with Crippen LogP contribution in [-0.4, -0.2) is 19.7 Å². The molecule has 18 heavy (non-hydrogen) atoms. The van der Waals surface area contributed by atoms with E-state index in [2.05, 4.69) is 22.0 Å². The van der Waals surface area contributed by atoms with E-state index in [-0.39, 0.29) is 0 Å². The molecular weight excluding hydrogens is 248 g/mol. The number of alkyl halides is 1. The number of halogens is 1. The highest BCUT2D eigenvalue weighted by Crippen LogP contribution is 2.17. The van der Waals surface area contributed by atoms with Crippen LogP contribution in [-0.2, 0) is 12.3 Å². The van der Waals surface area contributed by atoms with Gasteiger partial charge in [-0.3, -0.25) is 0 Å². The molecule has 5 heteroatoms. The Bertz CT molecular complexity index is 575. The topological polar surface area (TPSA) is 43.6 Å². The van der Waals surface area contributed by atoms with Gasteiger partial charge in [-0.05, 0) is 32.8 Å². The second-order valence-electron chi connectivity index (χ2n) is 4.33. The normalized spacial score (nSPS) is 10.9. The van der Waals surface area contributed by atoms with Crippen LogP contribution in [0.5, 0.6) is 0 Å². The van der Waals surface area contributed by atoms with Gasteiger partial charge in [0, 0.05) is 23.1 Å². The van der Waals surface area contributed by atoms with Crippen LogP contribution in [0.25, 0.3) is 5.95 Å². The molecular formula is C13H17ClN4. The maximum atomic E-state index is 5.81. The van der Waals surface area contributed by atoms with E-state index in [9.17, 15) is 0 Å². The van der Waals surface area contributed by atoms with Crippen molar-refractivity contribution in [3.05, 3.63) is 34.4 Å². The SMILES string of the molecule is CCc1c(C)nn(-c2ncc(CCl)c(C)n2)c1C. The maximum Gasteiger partial charge on any atom is 0.250 e. The lowest BCUT2D eigenvalue weighted by atomic mass is 10.1. The molecule has 0 bridgehead atoms. The minimum Gasteiger partial charge on any atom is -0.219 e. The van der Waals surface area contributed by atoms with Gasteiger partial charge in [0.05, 0.1) is 11.6 Å². The van der Waals surface area contributed by atoms with Crippen LogP contribution in [0, 0.1) is 20.8 Å². The van der Waals surface area contributed by atoms with Crippen molar-refractivity contribution in [3.63, 3.8) is 0 Å². The van der Waals surface area contributed by atoms with Crippen molar-refractivity contribution in [2.24, 2.45) is 0 Å². The first-order chi connectivity index (χ1) is 8.58. The van der Waals surface area contributed by atoms with Gasteiger partial charge < -0.3 is 0 Å². The first-order valence-corrected chi connectivity index (χ1v) is 6.55. The summed E-state index contributed by atoms with van der Waals surface area (Å²) in [6, 6.07) is 0. The molecule has 0 unspecified atom stereocenters. The Kier molecular flexibility index (Phi) is 3.66. The molecule has 0 saturated carbocycles. The lowest BCUT2D eigenvalue weighted by Crippen LogP contribution is -2.07. The van der Waals surface area contributed by atoms with Crippen molar-refractivity contribution in [2.75, 3.05) is 0 Å². The van der Waals surface area contributed by atoms with Crippen LogP contribution in [0.3, 0.4) is 0 Å². The number of aromatic nitrogens is 4. The summed E-state index contributed by atoms with van der Waals surface area (Å²) in [5.74, 6) is 1.05. The molecule has 0 atom stereocenters.